The fourth-order valence-electron chi connectivity index (χ4n) is 2.26. The van der Waals surface area contributed by atoms with Crippen LogP contribution in [0.4, 0.5) is 5.69 Å². The number of nitrogen functional groups attached to an aromatic ring is 1. The van der Waals surface area contributed by atoms with E-state index in [1.807, 2.05) is 35.8 Å². The van der Waals surface area contributed by atoms with Gasteiger partial charge in [-0.2, -0.15) is 11.8 Å². The molecule has 4 nitrogen and oxygen atoms in total. The molecule has 1 saturated heterocycles. The van der Waals surface area contributed by atoms with Gasteiger partial charge in [0.15, 0.2) is 0 Å². The van der Waals surface area contributed by atoms with Crippen molar-refractivity contribution in [2.24, 2.45) is 0 Å². The van der Waals surface area contributed by atoms with Gasteiger partial charge in [-0.05, 0) is 24.3 Å². The van der Waals surface area contributed by atoms with Gasteiger partial charge in [0.05, 0.1) is 10.4 Å². The summed E-state index contributed by atoms with van der Waals surface area (Å²) in [4.78, 5) is 19.2. The Morgan fingerprint density at radius 1 is 1.58 bits per heavy atom. The highest BCUT2D eigenvalue weighted by Crippen LogP contribution is 2.33. The Bertz CT molecular complexity index is 619. The van der Waals surface area contributed by atoms with Gasteiger partial charge in [0, 0.05) is 25.0 Å². The van der Waals surface area contributed by atoms with Crippen molar-refractivity contribution in [3.05, 3.63) is 23.2 Å². The molecule has 1 aliphatic rings. The maximum absolute atomic E-state index is 12.5. The molecule has 19 heavy (non-hydrogen) atoms. The Morgan fingerprint density at radius 2 is 2.42 bits per heavy atom. The zero-order valence-corrected chi connectivity index (χ0v) is 12.3. The Labute approximate surface area is 120 Å². The lowest BCUT2D eigenvalue weighted by Crippen LogP contribution is -2.36. The third-order valence-corrected chi connectivity index (χ3v) is 5.74. The SMILES string of the molecule is CN(C(=O)c1sc2cccnc2c1N)C1CCSC1. The Balaban J connectivity index is 1.94. The van der Waals surface area contributed by atoms with Crippen LogP contribution in [0.2, 0.25) is 0 Å². The molecule has 0 saturated carbocycles. The molecule has 6 heteroatoms. The number of pyridine rings is 1. The fraction of sp³-hybridized carbons (Fsp3) is 0.385. The average Bonchev–Trinajstić information content (AvgIpc) is 3.06. The lowest BCUT2D eigenvalue weighted by molar-refractivity contribution is 0.0754. The van der Waals surface area contributed by atoms with Crippen molar-refractivity contribution >= 4 is 44.9 Å². The van der Waals surface area contributed by atoms with E-state index in [0.717, 1.165) is 28.1 Å². The maximum Gasteiger partial charge on any atom is 0.266 e. The van der Waals surface area contributed by atoms with Gasteiger partial charge in [0.1, 0.15) is 10.4 Å². The van der Waals surface area contributed by atoms with E-state index in [4.69, 9.17) is 5.73 Å². The third-order valence-electron chi connectivity index (χ3n) is 3.45. The van der Waals surface area contributed by atoms with E-state index >= 15 is 0 Å². The number of anilines is 1. The minimum Gasteiger partial charge on any atom is -0.396 e. The zero-order valence-electron chi connectivity index (χ0n) is 10.6. The molecule has 1 atom stereocenters. The Hall–Kier alpha value is -1.27. The first kappa shape index (κ1) is 12.7. The van der Waals surface area contributed by atoms with Gasteiger partial charge in [-0.25, -0.2) is 0 Å². The van der Waals surface area contributed by atoms with E-state index in [-0.39, 0.29) is 5.91 Å². The second-order valence-electron chi connectivity index (χ2n) is 4.63. The van der Waals surface area contributed by atoms with Gasteiger partial charge in [0.2, 0.25) is 0 Å². The predicted octanol–water partition coefficient (Wildman–Crippen LogP) is 2.46. The molecule has 0 spiro atoms. The van der Waals surface area contributed by atoms with Crippen LogP contribution in [0.3, 0.4) is 0 Å². The maximum atomic E-state index is 12.5. The molecule has 3 rings (SSSR count). The molecule has 0 bridgehead atoms. The monoisotopic (exact) mass is 293 g/mol. The molecule has 100 valence electrons. The summed E-state index contributed by atoms with van der Waals surface area (Å²) >= 11 is 3.33. The largest absolute Gasteiger partial charge is 0.396 e. The van der Waals surface area contributed by atoms with Crippen LogP contribution >= 0.6 is 23.1 Å². The van der Waals surface area contributed by atoms with Crippen molar-refractivity contribution in [2.75, 3.05) is 24.3 Å². The number of thioether (sulfide) groups is 1. The number of amides is 1. The first-order valence-corrected chi connectivity index (χ1v) is 8.13. The van der Waals surface area contributed by atoms with E-state index in [1.165, 1.54) is 11.3 Å². The molecule has 3 heterocycles. The third kappa shape index (κ3) is 2.19. The molecule has 1 amide bonds. The molecule has 1 aliphatic heterocycles. The molecule has 2 aromatic heterocycles. The molecular weight excluding hydrogens is 278 g/mol. The van der Waals surface area contributed by atoms with Crippen LogP contribution in [-0.4, -0.2) is 40.4 Å². The van der Waals surface area contributed by atoms with Gasteiger partial charge < -0.3 is 10.6 Å². The summed E-state index contributed by atoms with van der Waals surface area (Å²) in [5.74, 6) is 2.17. The van der Waals surface area contributed by atoms with Crippen LogP contribution in [0.25, 0.3) is 10.2 Å². The average molecular weight is 293 g/mol. The second-order valence-corrected chi connectivity index (χ2v) is 6.83. The Morgan fingerprint density at radius 3 is 3.11 bits per heavy atom. The van der Waals surface area contributed by atoms with Gasteiger partial charge in [0.25, 0.3) is 5.91 Å². The second kappa shape index (κ2) is 5.02. The standard InChI is InChI=1S/C13H15N3OS2/c1-16(8-4-6-18-7-8)13(17)12-10(14)11-9(19-12)3-2-5-15-11/h2-3,5,8H,4,6-7,14H2,1H3. The van der Waals surface area contributed by atoms with Gasteiger partial charge >= 0.3 is 0 Å². The minimum absolute atomic E-state index is 0.0213. The highest BCUT2D eigenvalue weighted by Gasteiger charge is 2.27. The number of carbonyl (C=O) groups excluding carboxylic acids is 1. The van der Waals surface area contributed by atoms with Crippen molar-refractivity contribution in [3.8, 4) is 0 Å². The molecule has 0 radical (unpaired) electrons. The smallest absolute Gasteiger partial charge is 0.266 e. The number of thiophene rings is 1. The number of aromatic nitrogens is 1. The first-order chi connectivity index (χ1) is 9.18. The number of fused-ring (bicyclic) bond motifs is 1. The summed E-state index contributed by atoms with van der Waals surface area (Å²) in [6.07, 6.45) is 2.77. The van der Waals surface area contributed by atoms with Crippen LogP contribution in [0.5, 0.6) is 0 Å². The van der Waals surface area contributed by atoms with Crippen molar-refractivity contribution < 1.29 is 4.79 Å². The summed E-state index contributed by atoms with van der Waals surface area (Å²) in [5.41, 5.74) is 7.33. The van der Waals surface area contributed by atoms with Crippen molar-refractivity contribution in [2.45, 2.75) is 12.5 Å². The number of carbonyl (C=O) groups is 1. The van der Waals surface area contributed by atoms with E-state index in [1.54, 1.807) is 6.20 Å². The van der Waals surface area contributed by atoms with Crippen LogP contribution in [0, 0.1) is 0 Å². The molecule has 0 aliphatic carbocycles. The molecule has 1 unspecified atom stereocenters. The highest BCUT2D eigenvalue weighted by molar-refractivity contribution is 7.99. The molecule has 2 N–H and O–H groups in total. The minimum atomic E-state index is 0.0213. The van der Waals surface area contributed by atoms with Crippen LogP contribution in [0.1, 0.15) is 16.1 Å². The van der Waals surface area contributed by atoms with E-state index < -0.39 is 0 Å². The molecule has 0 aromatic carbocycles. The predicted molar refractivity (Wildman–Crippen MR) is 81.9 cm³/mol. The van der Waals surface area contributed by atoms with E-state index in [0.29, 0.717) is 16.6 Å². The van der Waals surface area contributed by atoms with E-state index in [9.17, 15) is 4.79 Å². The molecule has 2 aromatic rings. The lowest BCUT2D eigenvalue weighted by Gasteiger charge is -2.23. The normalized spacial score (nSPS) is 18.9. The van der Waals surface area contributed by atoms with Gasteiger partial charge in [-0.15, -0.1) is 11.3 Å². The quantitative estimate of drug-likeness (QED) is 0.924. The number of nitrogens with two attached hydrogens (primary N) is 1. The van der Waals surface area contributed by atoms with Gasteiger partial charge in [-0.1, -0.05) is 0 Å². The van der Waals surface area contributed by atoms with Crippen LogP contribution in [0.15, 0.2) is 18.3 Å². The summed E-state index contributed by atoms with van der Waals surface area (Å²) < 4.78 is 0.970. The van der Waals surface area contributed by atoms with Crippen LogP contribution in [-0.2, 0) is 0 Å². The van der Waals surface area contributed by atoms with Crippen LogP contribution < -0.4 is 5.73 Å². The number of rotatable bonds is 2. The van der Waals surface area contributed by atoms with Gasteiger partial charge in [-0.3, -0.25) is 9.78 Å². The summed E-state index contributed by atoms with van der Waals surface area (Å²) in [6.45, 7) is 0. The Kier molecular flexibility index (Phi) is 3.36. The lowest BCUT2D eigenvalue weighted by atomic mass is 10.2. The zero-order chi connectivity index (χ0) is 13.4. The first-order valence-electron chi connectivity index (χ1n) is 6.16. The van der Waals surface area contributed by atoms with Crippen molar-refractivity contribution in [3.63, 3.8) is 0 Å². The van der Waals surface area contributed by atoms with E-state index in [2.05, 4.69) is 4.98 Å². The van der Waals surface area contributed by atoms with Crippen molar-refractivity contribution in [1.82, 2.24) is 9.88 Å². The fourth-order valence-corrected chi connectivity index (χ4v) is 4.59. The molecule has 1 fully saturated rings. The topological polar surface area (TPSA) is 59.2 Å². The summed E-state index contributed by atoms with van der Waals surface area (Å²) in [6, 6.07) is 4.14. The number of hydrogen-bond donors (Lipinski definition) is 1. The molecular formula is C13H15N3OS2. The summed E-state index contributed by atoms with van der Waals surface area (Å²) in [7, 11) is 1.87. The number of nitrogens with zero attached hydrogens (tertiary/aromatic N) is 2. The van der Waals surface area contributed by atoms with Crippen molar-refractivity contribution in [1.29, 1.82) is 0 Å². The highest BCUT2D eigenvalue weighted by atomic mass is 32.2. The number of hydrogen-bond acceptors (Lipinski definition) is 5. The summed E-state index contributed by atoms with van der Waals surface area (Å²) in [5, 5.41) is 0.